The first-order valence-electron chi connectivity index (χ1n) is 8.86. The summed E-state index contributed by atoms with van der Waals surface area (Å²) in [7, 11) is 0. The standard InChI is InChI=1S/C17H33N3O/c1-3-11-19-17(2,16(18)21)10-13-20-12-6-9-15(20)14-7-4-5-8-14/h14-15,19H,3-13H2,1-2H3,(H2,18,21). The molecule has 4 nitrogen and oxygen atoms in total. The fraction of sp³-hybridized carbons (Fsp3) is 0.941. The van der Waals surface area contributed by atoms with Gasteiger partial charge in [-0.3, -0.25) is 4.79 Å². The lowest BCUT2D eigenvalue weighted by Gasteiger charge is -2.34. The van der Waals surface area contributed by atoms with Gasteiger partial charge in [0.2, 0.25) is 5.91 Å². The molecule has 21 heavy (non-hydrogen) atoms. The number of carbonyl (C=O) groups is 1. The fourth-order valence-corrected chi connectivity index (χ4v) is 4.07. The molecule has 0 radical (unpaired) electrons. The van der Waals surface area contributed by atoms with Crippen molar-refractivity contribution in [1.29, 1.82) is 0 Å². The Balaban J connectivity index is 1.88. The van der Waals surface area contributed by atoms with E-state index in [1.54, 1.807) is 0 Å². The van der Waals surface area contributed by atoms with Crippen molar-refractivity contribution in [2.75, 3.05) is 19.6 Å². The van der Waals surface area contributed by atoms with Crippen molar-refractivity contribution in [1.82, 2.24) is 10.2 Å². The molecule has 1 heterocycles. The lowest BCUT2D eigenvalue weighted by atomic mass is 9.93. The van der Waals surface area contributed by atoms with Gasteiger partial charge in [0.1, 0.15) is 0 Å². The third-order valence-corrected chi connectivity index (χ3v) is 5.57. The molecule has 0 spiro atoms. The van der Waals surface area contributed by atoms with Gasteiger partial charge in [-0.05, 0) is 64.5 Å². The first-order chi connectivity index (χ1) is 10.1. The van der Waals surface area contributed by atoms with Crippen LogP contribution >= 0.6 is 0 Å². The van der Waals surface area contributed by atoms with E-state index in [4.69, 9.17) is 5.73 Å². The second kappa shape index (κ2) is 7.59. The highest BCUT2D eigenvalue weighted by Crippen LogP contribution is 2.35. The number of nitrogens with two attached hydrogens (primary N) is 1. The third kappa shape index (κ3) is 4.19. The fourth-order valence-electron chi connectivity index (χ4n) is 4.07. The zero-order valence-corrected chi connectivity index (χ0v) is 13.9. The van der Waals surface area contributed by atoms with Gasteiger partial charge in [-0.25, -0.2) is 0 Å². The Kier molecular flexibility index (Phi) is 6.06. The monoisotopic (exact) mass is 295 g/mol. The quantitative estimate of drug-likeness (QED) is 0.722. The highest BCUT2D eigenvalue weighted by molar-refractivity contribution is 5.84. The van der Waals surface area contributed by atoms with Crippen molar-refractivity contribution in [2.45, 2.75) is 76.8 Å². The number of hydrogen-bond donors (Lipinski definition) is 2. The maximum absolute atomic E-state index is 11.8. The summed E-state index contributed by atoms with van der Waals surface area (Å²) >= 11 is 0. The van der Waals surface area contributed by atoms with E-state index in [0.29, 0.717) is 0 Å². The van der Waals surface area contributed by atoms with Crippen LogP contribution in [0.25, 0.3) is 0 Å². The topological polar surface area (TPSA) is 58.4 Å². The van der Waals surface area contributed by atoms with Crippen LogP contribution in [0.5, 0.6) is 0 Å². The summed E-state index contributed by atoms with van der Waals surface area (Å²) in [6.07, 6.45) is 10.1. The molecule has 1 saturated carbocycles. The lowest BCUT2D eigenvalue weighted by Crippen LogP contribution is -2.55. The Morgan fingerprint density at radius 1 is 1.29 bits per heavy atom. The maximum Gasteiger partial charge on any atom is 0.237 e. The Morgan fingerprint density at radius 3 is 2.62 bits per heavy atom. The van der Waals surface area contributed by atoms with Crippen LogP contribution in [0.2, 0.25) is 0 Å². The normalized spacial score (nSPS) is 27.0. The van der Waals surface area contributed by atoms with Gasteiger partial charge in [0.25, 0.3) is 0 Å². The van der Waals surface area contributed by atoms with E-state index < -0.39 is 5.54 Å². The number of primary amides is 1. The van der Waals surface area contributed by atoms with Crippen molar-refractivity contribution < 1.29 is 4.79 Å². The molecule has 4 heteroatoms. The molecule has 0 bridgehead atoms. The van der Waals surface area contributed by atoms with Crippen molar-refractivity contribution in [2.24, 2.45) is 11.7 Å². The Bertz CT molecular complexity index is 341. The first kappa shape index (κ1) is 16.8. The minimum absolute atomic E-state index is 0.215. The summed E-state index contributed by atoms with van der Waals surface area (Å²) in [6.45, 7) is 7.13. The number of nitrogens with zero attached hydrogens (tertiary/aromatic N) is 1. The zero-order valence-electron chi connectivity index (χ0n) is 13.9. The number of likely N-dealkylation sites (tertiary alicyclic amines) is 1. The van der Waals surface area contributed by atoms with E-state index in [1.807, 2.05) is 6.92 Å². The van der Waals surface area contributed by atoms with Gasteiger partial charge in [0.15, 0.2) is 0 Å². The van der Waals surface area contributed by atoms with Crippen molar-refractivity contribution in [3.8, 4) is 0 Å². The average molecular weight is 295 g/mol. The van der Waals surface area contributed by atoms with Gasteiger partial charge in [0.05, 0.1) is 5.54 Å². The first-order valence-corrected chi connectivity index (χ1v) is 8.86. The van der Waals surface area contributed by atoms with Crippen LogP contribution in [0.15, 0.2) is 0 Å². The van der Waals surface area contributed by atoms with Crippen molar-refractivity contribution >= 4 is 5.91 Å². The minimum atomic E-state index is -0.557. The Morgan fingerprint density at radius 2 is 2.00 bits per heavy atom. The average Bonchev–Trinajstić information content (AvgIpc) is 3.12. The van der Waals surface area contributed by atoms with E-state index in [2.05, 4.69) is 17.1 Å². The second-order valence-corrected chi connectivity index (χ2v) is 7.16. The molecule has 0 aromatic heterocycles. The molecule has 1 amide bonds. The molecular weight excluding hydrogens is 262 g/mol. The van der Waals surface area contributed by atoms with E-state index in [0.717, 1.165) is 37.9 Å². The van der Waals surface area contributed by atoms with Crippen LogP contribution in [0.1, 0.15) is 65.2 Å². The van der Waals surface area contributed by atoms with Crippen LogP contribution in [0.4, 0.5) is 0 Å². The molecule has 2 fully saturated rings. The third-order valence-electron chi connectivity index (χ3n) is 5.57. The molecule has 0 aromatic rings. The predicted octanol–water partition coefficient (Wildman–Crippen LogP) is 2.27. The highest BCUT2D eigenvalue weighted by Gasteiger charge is 2.36. The van der Waals surface area contributed by atoms with Crippen LogP contribution in [-0.2, 0) is 4.79 Å². The van der Waals surface area contributed by atoms with Crippen molar-refractivity contribution in [3.63, 3.8) is 0 Å². The maximum atomic E-state index is 11.8. The molecule has 2 rings (SSSR count). The summed E-state index contributed by atoms with van der Waals surface area (Å²) in [5, 5.41) is 3.35. The summed E-state index contributed by atoms with van der Waals surface area (Å²) in [6, 6.07) is 0.760. The number of hydrogen-bond acceptors (Lipinski definition) is 3. The molecular formula is C17H33N3O. The molecule has 1 aliphatic carbocycles. The molecule has 3 N–H and O–H groups in total. The van der Waals surface area contributed by atoms with Gasteiger partial charge in [-0.2, -0.15) is 0 Å². The van der Waals surface area contributed by atoms with Gasteiger partial charge < -0.3 is 16.0 Å². The minimum Gasteiger partial charge on any atom is -0.368 e. The van der Waals surface area contributed by atoms with E-state index in [-0.39, 0.29) is 5.91 Å². The van der Waals surface area contributed by atoms with E-state index >= 15 is 0 Å². The highest BCUT2D eigenvalue weighted by atomic mass is 16.1. The summed E-state index contributed by atoms with van der Waals surface area (Å²) in [4.78, 5) is 14.4. The van der Waals surface area contributed by atoms with Gasteiger partial charge in [-0.15, -0.1) is 0 Å². The number of nitrogens with one attached hydrogen (secondary N) is 1. The predicted molar refractivity (Wildman–Crippen MR) is 87.1 cm³/mol. The SMILES string of the molecule is CCCNC(C)(CCN1CCCC1C1CCCC1)C(N)=O. The Hall–Kier alpha value is -0.610. The zero-order chi connectivity index (χ0) is 15.3. The van der Waals surface area contributed by atoms with Crippen LogP contribution in [-0.4, -0.2) is 42.0 Å². The van der Waals surface area contributed by atoms with Crippen LogP contribution in [0.3, 0.4) is 0 Å². The van der Waals surface area contributed by atoms with Gasteiger partial charge in [0, 0.05) is 12.6 Å². The molecule has 1 aliphatic heterocycles. The molecule has 2 aliphatic rings. The molecule has 2 atom stereocenters. The molecule has 2 unspecified atom stereocenters. The summed E-state index contributed by atoms with van der Waals surface area (Å²) in [5.74, 6) is 0.684. The van der Waals surface area contributed by atoms with Gasteiger partial charge >= 0.3 is 0 Å². The number of rotatable bonds is 8. The lowest BCUT2D eigenvalue weighted by molar-refractivity contribution is -0.124. The van der Waals surface area contributed by atoms with Gasteiger partial charge in [-0.1, -0.05) is 19.8 Å². The van der Waals surface area contributed by atoms with E-state index in [1.165, 1.54) is 45.1 Å². The summed E-state index contributed by atoms with van der Waals surface area (Å²) in [5.41, 5.74) is 5.08. The Labute approximate surface area is 129 Å². The largest absolute Gasteiger partial charge is 0.368 e. The second-order valence-electron chi connectivity index (χ2n) is 7.16. The van der Waals surface area contributed by atoms with Crippen LogP contribution < -0.4 is 11.1 Å². The smallest absolute Gasteiger partial charge is 0.237 e. The number of carbonyl (C=O) groups excluding carboxylic acids is 1. The number of amides is 1. The van der Waals surface area contributed by atoms with Crippen molar-refractivity contribution in [3.05, 3.63) is 0 Å². The molecule has 0 aromatic carbocycles. The molecule has 122 valence electrons. The van der Waals surface area contributed by atoms with Crippen LogP contribution in [0, 0.1) is 5.92 Å². The van der Waals surface area contributed by atoms with E-state index in [9.17, 15) is 4.79 Å². The molecule has 1 saturated heterocycles. The summed E-state index contributed by atoms with van der Waals surface area (Å²) < 4.78 is 0.